The van der Waals surface area contributed by atoms with E-state index in [-0.39, 0.29) is 24.0 Å². The third-order valence-corrected chi connectivity index (χ3v) is 3.70. The molecule has 1 aliphatic heterocycles. The Morgan fingerprint density at radius 1 is 1.40 bits per heavy atom. The number of aromatic hydroxyl groups is 1. The van der Waals surface area contributed by atoms with Crippen LogP contribution in [-0.2, 0) is 4.74 Å². The van der Waals surface area contributed by atoms with Crippen molar-refractivity contribution in [2.75, 3.05) is 26.7 Å². The van der Waals surface area contributed by atoms with E-state index in [1.165, 1.54) is 0 Å². The van der Waals surface area contributed by atoms with E-state index in [0.29, 0.717) is 12.3 Å². The molecule has 1 fully saturated rings. The average Bonchev–Trinajstić information content (AvgIpc) is 2.38. The summed E-state index contributed by atoms with van der Waals surface area (Å²) in [6.45, 7) is 6.34. The largest absolute Gasteiger partial charge is 0.504 e. The zero-order valence-corrected chi connectivity index (χ0v) is 12.4. The number of rotatable bonds is 4. The lowest BCUT2D eigenvalue weighted by atomic mass is 10.0. The van der Waals surface area contributed by atoms with Gasteiger partial charge in [-0.3, -0.25) is 4.90 Å². The van der Waals surface area contributed by atoms with Gasteiger partial charge in [-0.05, 0) is 31.5 Å². The van der Waals surface area contributed by atoms with Crippen LogP contribution in [0.4, 0.5) is 0 Å². The van der Waals surface area contributed by atoms with Crippen molar-refractivity contribution in [3.05, 3.63) is 23.8 Å². The quantitative estimate of drug-likeness (QED) is 0.875. The van der Waals surface area contributed by atoms with Crippen LogP contribution in [0.3, 0.4) is 0 Å². The molecule has 3 N–H and O–H groups in total. The van der Waals surface area contributed by atoms with E-state index in [9.17, 15) is 5.11 Å². The van der Waals surface area contributed by atoms with Crippen LogP contribution in [-0.4, -0.2) is 49.0 Å². The topological polar surface area (TPSA) is 68.0 Å². The molecule has 1 aliphatic rings. The molecule has 0 radical (unpaired) electrons. The van der Waals surface area contributed by atoms with Gasteiger partial charge in [0, 0.05) is 25.7 Å². The summed E-state index contributed by atoms with van der Waals surface area (Å²) in [7, 11) is 1.54. The highest BCUT2D eigenvalue weighted by Gasteiger charge is 2.28. The fraction of sp³-hybridized carbons (Fsp3) is 0.600. The predicted octanol–water partition coefficient (Wildman–Crippen LogP) is 1.51. The molecule has 5 nitrogen and oxygen atoms in total. The first kappa shape index (κ1) is 15.1. The fourth-order valence-electron chi connectivity index (χ4n) is 2.88. The Bertz CT molecular complexity index is 443. The minimum absolute atomic E-state index is 0.0839. The molecule has 112 valence electrons. The van der Waals surface area contributed by atoms with Gasteiger partial charge in [-0.1, -0.05) is 6.07 Å². The van der Waals surface area contributed by atoms with Crippen LogP contribution in [0, 0.1) is 0 Å². The summed E-state index contributed by atoms with van der Waals surface area (Å²) in [5, 5.41) is 9.93. The van der Waals surface area contributed by atoms with E-state index in [4.69, 9.17) is 15.2 Å². The average molecular weight is 280 g/mol. The molecule has 0 amide bonds. The minimum atomic E-state index is 0.0839. The lowest BCUT2D eigenvalue weighted by Crippen LogP contribution is -2.48. The predicted molar refractivity (Wildman–Crippen MR) is 78.0 cm³/mol. The zero-order chi connectivity index (χ0) is 14.7. The van der Waals surface area contributed by atoms with Gasteiger partial charge in [-0.15, -0.1) is 0 Å². The van der Waals surface area contributed by atoms with Crippen LogP contribution < -0.4 is 10.5 Å². The van der Waals surface area contributed by atoms with Crippen molar-refractivity contribution in [1.29, 1.82) is 0 Å². The van der Waals surface area contributed by atoms with Crippen molar-refractivity contribution >= 4 is 0 Å². The van der Waals surface area contributed by atoms with Crippen LogP contribution in [0.1, 0.15) is 25.5 Å². The number of morpholine rings is 1. The number of phenols is 1. The molecule has 1 aromatic carbocycles. The van der Waals surface area contributed by atoms with E-state index in [1.54, 1.807) is 19.2 Å². The normalized spacial score (nSPS) is 25.4. The third kappa shape index (κ3) is 3.23. The number of phenolic OH excluding ortho intramolecular Hbond substituents is 1. The highest BCUT2D eigenvalue weighted by Crippen LogP contribution is 2.31. The molecule has 0 saturated carbocycles. The van der Waals surface area contributed by atoms with Crippen molar-refractivity contribution in [3.63, 3.8) is 0 Å². The van der Waals surface area contributed by atoms with E-state index in [2.05, 4.69) is 18.7 Å². The summed E-state index contributed by atoms with van der Waals surface area (Å²) < 4.78 is 10.8. The van der Waals surface area contributed by atoms with Crippen LogP contribution >= 0.6 is 0 Å². The van der Waals surface area contributed by atoms with Crippen molar-refractivity contribution in [2.24, 2.45) is 5.73 Å². The standard InChI is InChI=1S/C15H24N2O3/c1-10-8-17(9-11(2)20-10)13(7-16)12-4-5-15(19-3)14(18)6-12/h4-6,10-11,13,18H,7-9,16H2,1-3H3. The monoisotopic (exact) mass is 280 g/mol. The Labute approximate surface area is 120 Å². The van der Waals surface area contributed by atoms with Gasteiger partial charge >= 0.3 is 0 Å². The highest BCUT2D eigenvalue weighted by molar-refractivity contribution is 5.42. The van der Waals surface area contributed by atoms with E-state index >= 15 is 0 Å². The third-order valence-electron chi connectivity index (χ3n) is 3.70. The second-order valence-electron chi connectivity index (χ2n) is 5.39. The van der Waals surface area contributed by atoms with Crippen molar-refractivity contribution < 1.29 is 14.6 Å². The summed E-state index contributed by atoms with van der Waals surface area (Å²) in [5.41, 5.74) is 6.96. The van der Waals surface area contributed by atoms with E-state index in [1.807, 2.05) is 6.07 Å². The van der Waals surface area contributed by atoms with Crippen LogP contribution in [0.25, 0.3) is 0 Å². The van der Waals surface area contributed by atoms with Gasteiger partial charge in [0.1, 0.15) is 0 Å². The molecule has 1 heterocycles. The SMILES string of the molecule is COc1ccc(C(CN)N2CC(C)OC(C)C2)cc1O. The number of benzene rings is 1. The summed E-state index contributed by atoms with van der Waals surface area (Å²) in [6.07, 6.45) is 0.388. The first-order chi connectivity index (χ1) is 9.55. The maximum Gasteiger partial charge on any atom is 0.160 e. The highest BCUT2D eigenvalue weighted by atomic mass is 16.5. The van der Waals surface area contributed by atoms with Gasteiger partial charge in [0.05, 0.1) is 19.3 Å². The number of nitrogens with two attached hydrogens (primary N) is 1. The van der Waals surface area contributed by atoms with Crippen LogP contribution in [0.2, 0.25) is 0 Å². The summed E-state index contributed by atoms with van der Waals surface area (Å²) >= 11 is 0. The first-order valence-electron chi connectivity index (χ1n) is 7.01. The Hall–Kier alpha value is -1.30. The zero-order valence-electron chi connectivity index (χ0n) is 12.4. The van der Waals surface area contributed by atoms with Gasteiger partial charge in [0.2, 0.25) is 0 Å². The summed E-state index contributed by atoms with van der Waals surface area (Å²) in [6, 6.07) is 5.56. The Kier molecular flexibility index (Phi) is 4.86. The number of hydrogen-bond donors (Lipinski definition) is 2. The Balaban J connectivity index is 2.21. The second-order valence-corrected chi connectivity index (χ2v) is 5.39. The molecule has 1 saturated heterocycles. The number of hydrogen-bond acceptors (Lipinski definition) is 5. The van der Waals surface area contributed by atoms with Gasteiger partial charge in [0.15, 0.2) is 11.5 Å². The lowest BCUT2D eigenvalue weighted by molar-refractivity contribution is -0.0799. The second kappa shape index (κ2) is 6.43. The van der Waals surface area contributed by atoms with Crippen molar-refractivity contribution in [1.82, 2.24) is 4.90 Å². The Morgan fingerprint density at radius 3 is 2.55 bits per heavy atom. The van der Waals surface area contributed by atoms with Gasteiger partial charge in [0.25, 0.3) is 0 Å². The van der Waals surface area contributed by atoms with Gasteiger partial charge < -0.3 is 20.3 Å². The lowest BCUT2D eigenvalue weighted by Gasteiger charge is -2.40. The summed E-state index contributed by atoms with van der Waals surface area (Å²) in [4.78, 5) is 2.32. The molecule has 0 aromatic heterocycles. The molecule has 0 aliphatic carbocycles. The molecule has 2 rings (SSSR count). The molecule has 0 spiro atoms. The first-order valence-corrected chi connectivity index (χ1v) is 7.01. The molecular weight excluding hydrogens is 256 g/mol. The van der Waals surface area contributed by atoms with Crippen LogP contribution in [0.15, 0.2) is 18.2 Å². The molecule has 20 heavy (non-hydrogen) atoms. The van der Waals surface area contributed by atoms with Crippen molar-refractivity contribution in [2.45, 2.75) is 32.1 Å². The molecule has 3 unspecified atom stereocenters. The molecule has 3 atom stereocenters. The van der Waals surface area contributed by atoms with Gasteiger partial charge in [-0.2, -0.15) is 0 Å². The number of methoxy groups -OCH3 is 1. The number of ether oxygens (including phenoxy) is 2. The van der Waals surface area contributed by atoms with E-state index in [0.717, 1.165) is 18.7 Å². The van der Waals surface area contributed by atoms with Crippen LogP contribution in [0.5, 0.6) is 11.5 Å². The molecular formula is C15H24N2O3. The van der Waals surface area contributed by atoms with E-state index < -0.39 is 0 Å². The summed E-state index contributed by atoms with van der Waals surface area (Å²) in [5.74, 6) is 0.631. The Morgan fingerprint density at radius 2 is 2.05 bits per heavy atom. The number of nitrogens with zero attached hydrogens (tertiary/aromatic N) is 1. The molecule has 1 aromatic rings. The fourth-order valence-corrected chi connectivity index (χ4v) is 2.88. The maximum atomic E-state index is 9.93. The minimum Gasteiger partial charge on any atom is -0.504 e. The van der Waals surface area contributed by atoms with Gasteiger partial charge in [-0.25, -0.2) is 0 Å². The smallest absolute Gasteiger partial charge is 0.160 e. The molecule has 0 bridgehead atoms. The molecule has 5 heteroatoms. The van der Waals surface area contributed by atoms with Crippen molar-refractivity contribution in [3.8, 4) is 11.5 Å². The maximum absolute atomic E-state index is 9.93.